The van der Waals surface area contributed by atoms with E-state index in [1.165, 1.54) is 10.8 Å². The highest BCUT2D eigenvalue weighted by atomic mass is 127. The van der Waals surface area contributed by atoms with Crippen molar-refractivity contribution in [3.05, 3.63) is 72.6 Å². The first-order valence-corrected chi connectivity index (χ1v) is 9.98. The van der Waals surface area contributed by atoms with E-state index in [4.69, 9.17) is 4.74 Å². The third-order valence-corrected chi connectivity index (χ3v) is 4.46. The molecule has 160 valence electrons. The number of aliphatic imine (C=N–C) groups is 1. The third kappa shape index (κ3) is 7.46. The van der Waals surface area contributed by atoms with Crippen molar-refractivity contribution in [2.45, 2.75) is 19.4 Å². The summed E-state index contributed by atoms with van der Waals surface area (Å²) in [5.41, 5.74) is 0.809. The van der Waals surface area contributed by atoms with Crippen LogP contribution in [0.2, 0.25) is 0 Å². The number of halogens is 1. The van der Waals surface area contributed by atoms with Crippen LogP contribution < -0.4 is 15.4 Å². The van der Waals surface area contributed by atoms with Crippen molar-refractivity contribution < 1.29 is 9.84 Å². The fourth-order valence-corrected chi connectivity index (χ4v) is 2.94. The largest absolute Gasteiger partial charge is 0.494 e. The maximum Gasteiger partial charge on any atom is 0.191 e. The van der Waals surface area contributed by atoms with Crippen LogP contribution in [0.1, 0.15) is 25.0 Å². The maximum atomic E-state index is 10.2. The van der Waals surface area contributed by atoms with Crippen LogP contribution in [0, 0.1) is 0 Å². The molecule has 0 fully saturated rings. The lowest BCUT2D eigenvalue weighted by atomic mass is 10.1. The molecule has 1 heterocycles. The van der Waals surface area contributed by atoms with Crippen molar-refractivity contribution >= 4 is 40.7 Å². The number of ether oxygens (including phenoxy) is 1. The number of aliphatic hydroxyl groups excluding tert-OH is 1. The van der Waals surface area contributed by atoms with Gasteiger partial charge in [-0.3, -0.25) is 9.98 Å². The van der Waals surface area contributed by atoms with Crippen molar-refractivity contribution in [3.63, 3.8) is 0 Å². The van der Waals surface area contributed by atoms with Gasteiger partial charge in [-0.25, -0.2) is 0 Å². The molecule has 0 bridgehead atoms. The van der Waals surface area contributed by atoms with Crippen LogP contribution in [-0.2, 0) is 0 Å². The number of nitrogens with zero attached hydrogens (tertiary/aromatic N) is 2. The fourth-order valence-electron chi connectivity index (χ4n) is 2.94. The summed E-state index contributed by atoms with van der Waals surface area (Å²) in [6, 6.07) is 18.0. The molecule has 1 aromatic heterocycles. The number of pyridine rings is 1. The first kappa shape index (κ1) is 23.9. The third-order valence-electron chi connectivity index (χ3n) is 4.46. The van der Waals surface area contributed by atoms with E-state index in [2.05, 4.69) is 44.9 Å². The predicted octanol–water partition coefficient (Wildman–Crippen LogP) is 3.91. The summed E-state index contributed by atoms with van der Waals surface area (Å²) in [5.74, 6) is 1.57. The molecule has 30 heavy (non-hydrogen) atoms. The standard InChI is InChI=1S/C23H28N4O2.HI/c1-2-25-23(27-17-22(28)19-10-13-24-14-11-19)26-12-5-15-29-21-9-8-18-6-3-4-7-20(18)16-21;/h3-4,6-11,13-14,16,22,28H,2,5,12,15,17H2,1H3,(H2,25,26,27);1H. The highest BCUT2D eigenvalue weighted by Crippen LogP contribution is 2.20. The molecule has 1 unspecified atom stereocenters. The van der Waals surface area contributed by atoms with Gasteiger partial charge in [-0.05, 0) is 53.9 Å². The normalized spacial score (nSPS) is 12.1. The van der Waals surface area contributed by atoms with Crippen molar-refractivity contribution in [1.29, 1.82) is 0 Å². The summed E-state index contributed by atoms with van der Waals surface area (Å²) in [7, 11) is 0. The first-order chi connectivity index (χ1) is 14.3. The number of nitrogens with one attached hydrogen (secondary N) is 2. The molecule has 0 radical (unpaired) electrons. The Balaban J connectivity index is 0.00000320. The molecule has 3 aromatic rings. The molecule has 0 spiro atoms. The van der Waals surface area contributed by atoms with Crippen LogP contribution in [-0.4, -0.2) is 42.3 Å². The number of aromatic nitrogens is 1. The number of fused-ring (bicyclic) bond motifs is 1. The van der Waals surface area contributed by atoms with Crippen LogP contribution in [0.4, 0.5) is 0 Å². The summed E-state index contributed by atoms with van der Waals surface area (Å²) in [4.78, 5) is 8.43. The highest BCUT2D eigenvalue weighted by molar-refractivity contribution is 14.0. The van der Waals surface area contributed by atoms with Crippen LogP contribution in [0.3, 0.4) is 0 Å². The van der Waals surface area contributed by atoms with Crippen LogP contribution in [0.5, 0.6) is 5.75 Å². The van der Waals surface area contributed by atoms with E-state index < -0.39 is 6.10 Å². The second-order valence-electron chi connectivity index (χ2n) is 6.65. The van der Waals surface area contributed by atoms with E-state index in [0.717, 1.165) is 30.8 Å². The molecule has 0 saturated carbocycles. The molecular weight excluding hydrogens is 491 g/mol. The molecule has 0 aliphatic rings. The minimum Gasteiger partial charge on any atom is -0.494 e. The second-order valence-corrected chi connectivity index (χ2v) is 6.65. The van der Waals surface area contributed by atoms with Crippen LogP contribution in [0.25, 0.3) is 10.8 Å². The van der Waals surface area contributed by atoms with Gasteiger partial charge in [0.2, 0.25) is 0 Å². The minimum atomic E-state index is -0.648. The quantitative estimate of drug-likeness (QED) is 0.173. The Labute approximate surface area is 194 Å². The molecule has 2 aromatic carbocycles. The molecule has 3 rings (SSSR count). The first-order valence-electron chi connectivity index (χ1n) is 9.98. The molecule has 6 nitrogen and oxygen atoms in total. The lowest BCUT2D eigenvalue weighted by molar-refractivity contribution is 0.187. The Bertz CT molecular complexity index is 921. The molecule has 7 heteroatoms. The van der Waals surface area contributed by atoms with E-state index in [-0.39, 0.29) is 30.5 Å². The summed E-state index contributed by atoms with van der Waals surface area (Å²) >= 11 is 0. The molecule has 0 saturated heterocycles. The lowest BCUT2D eigenvalue weighted by Crippen LogP contribution is -2.38. The van der Waals surface area contributed by atoms with Crippen molar-refractivity contribution in [2.75, 3.05) is 26.2 Å². The molecule has 0 amide bonds. The molecule has 0 aliphatic heterocycles. The van der Waals surface area contributed by atoms with E-state index in [0.29, 0.717) is 12.6 Å². The van der Waals surface area contributed by atoms with Gasteiger partial charge in [0, 0.05) is 25.5 Å². The van der Waals surface area contributed by atoms with Gasteiger partial charge in [0.1, 0.15) is 5.75 Å². The fraction of sp³-hybridized carbons (Fsp3) is 0.304. The Hall–Kier alpha value is -2.39. The number of hydrogen-bond acceptors (Lipinski definition) is 4. The van der Waals surface area contributed by atoms with Crippen LogP contribution >= 0.6 is 24.0 Å². The average molecular weight is 520 g/mol. The minimum absolute atomic E-state index is 0. The van der Waals surface area contributed by atoms with Crippen molar-refractivity contribution in [3.8, 4) is 5.75 Å². The summed E-state index contributed by atoms with van der Waals surface area (Å²) < 4.78 is 5.87. The SMILES string of the molecule is CCNC(=NCC(O)c1ccncc1)NCCCOc1ccc2ccccc2c1.I. The summed E-state index contributed by atoms with van der Waals surface area (Å²) in [5, 5.41) is 19.1. The van der Waals surface area contributed by atoms with E-state index >= 15 is 0 Å². The van der Waals surface area contributed by atoms with Crippen LogP contribution in [0.15, 0.2) is 72.0 Å². The monoisotopic (exact) mass is 520 g/mol. The number of aliphatic hydroxyl groups is 1. The topological polar surface area (TPSA) is 78.8 Å². The van der Waals surface area contributed by atoms with Gasteiger partial charge in [0.05, 0.1) is 19.3 Å². The van der Waals surface area contributed by atoms with Gasteiger partial charge in [-0.15, -0.1) is 24.0 Å². The number of rotatable bonds is 9. The zero-order valence-corrected chi connectivity index (χ0v) is 19.5. The van der Waals surface area contributed by atoms with Gasteiger partial charge in [-0.2, -0.15) is 0 Å². The van der Waals surface area contributed by atoms with Crippen molar-refractivity contribution in [1.82, 2.24) is 15.6 Å². The smallest absolute Gasteiger partial charge is 0.191 e. The molecule has 1 atom stereocenters. The zero-order chi connectivity index (χ0) is 20.3. The van der Waals surface area contributed by atoms with Gasteiger partial charge < -0.3 is 20.5 Å². The number of hydrogen-bond donors (Lipinski definition) is 3. The summed E-state index contributed by atoms with van der Waals surface area (Å²) in [6.07, 6.45) is 3.52. The Morgan fingerprint density at radius 1 is 1.07 bits per heavy atom. The highest BCUT2D eigenvalue weighted by Gasteiger charge is 2.07. The Morgan fingerprint density at radius 2 is 1.83 bits per heavy atom. The number of benzene rings is 2. The summed E-state index contributed by atoms with van der Waals surface area (Å²) in [6.45, 7) is 4.40. The van der Waals surface area contributed by atoms with E-state index in [9.17, 15) is 5.11 Å². The molecule has 3 N–H and O–H groups in total. The maximum absolute atomic E-state index is 10.2. The average Bonchev–Trinajstić information content (AvgIpc) is 2.77. The van der Waals surface area contributed by atoms with Crippen molar-refractivity contribution in [2.24, 2.45) is 4.99 Å². The predicted molar refractivity (Wildman–Crippen MR) is 133 cm³/mol. The van der Waals surface area contributed by atoms with Gasteiger partial charge in [0.15, 0.2) is 5.96 Å². The van der Waals surface area contributed by atoms with E-state index in [1.807, 2.05) is 25.1 Å². The van der Waals surface area contributed by atoms with Gasteiger partial charge in [0.25, 0.3) is 0 Å². The number of guanidine groups is 1. The van der Waals surface area contributed by atoms with Gasteiger partial charge in [-0.1, -0.05) is 30.3 Å². The second kappa shape index (κ2) is 13.0. The Kier molecular flexibility index (Phi) is 10.4. The van der Waals surface area contributed by atoms with Gasteiger partial charge >= 0.3 is 0 Å². The molecular formula is C23H29IN4O2. The Morgan fingerprint density at radius 3 is 2.60 bits per heavy atom. The zero-order valence-electron chi connectivity index (χ0n) is 17.1. The lowest BCUT2D eigenvalue weighted by Gasteiger charge is -2.13. The van der Waals surface area contributed by atoms with E-state index in [1.54, 1.807) is 24.5 Å². The molecule has 0 aliphatic carbocycles.